The summed E-state index contributed by atoms with van der Waals surface area (Å²) >= 11 is -3.25. The van der Waals surface area contributed by atoms with Crippen LogP contribution in [0, 0.1) is 0 Å². The van der Waals surface area contributed by atoms with E-state index >= 15 is 0 Å². The predicted octanol–water partition coefficient (Wildman–Crippen LogP) is 2.22. The van der Waals surface area contributed by atoms with Crippen LogP contribution in [0.15, 0.2) is 35.5 Å². The van der Waals surface area contributed by atoms with Gasteiger partial charge < -0.3 is 11.4 Å². The Balaban J connectivity index is 5.10. The highest BCUT2D eigenvalue weighted by molar-refractivity contribution is 6.37. The molecule has 22 heavy (non-hydrogen) atoms. The van der Waals surface area contributed by atoms with Crippen LogP contribution in [-0.2, 0) is 25.7 Å². The topological polar surface area (TPSA) is 78.9 Å². The van der Waals surface area contributed by atoms with E-state index in [-0.39, 0.29) is 17.3 Å². The zero-order valence-corrected chi connectivity index (χ0v) is 13.0. The Kier molecular flexibility index (Phi) is 8.90. The van der Waals surface area contributed by atoms with E-state index in [1.165, 1.54) is 20.8 Å². The first-order valence-corrected chi connectivity index (χ1v) is 7.15. The van der Waals surface area contributed by atoms with Crippen molar-refractivity contribution in [3.8, 4) is 0 Å². The monoisotopic (exact) mass is 336 g/mol. The van der Waals surface area contributed by atoms with Crippen LogP contribution in [0.1, 0.15) is 20.8 Å². The third-order valence-electron chi connectivity index (χ3n) is 1.80. The van der Waals surface area contributed by atoms with E-state index in [2.05, 4.69) is 0 Å². The van der Waals surface area contributed by atoms with Crippen molar-refractivity contribution in [2.75, 3.05) is 0 Å². The molecule has 0 fully saturated rings. The third-order valence-corrected chi connectivity index (χ3v) is 3.49. The molecule has 0 radical (unpaired) electrons. The van der Waals surface area contributed by atoms with E-state index in [0.29, 0.717) is 18.2 Å². The minimum Gasteiger partial charge on any atom is -0.580 e. The fourth-order valence-electron chi connectivity index (χ4n) is 1.11. The fraction of sp³-hybridized carbons (Fsp3) is 0.250. The Bertz CT molecular complexity index is 465. The van der Waals surface area contributed by atoms with Crippen LogP contribution >= 0.6 is 0 Å². The van der Waals surface area contributed by atoms with Gasteiger partial charge in [-0.25, -0.2) is 0 Å². The number of allylic oxidation sites excluding steroid dienone is 6. The normalized spacial score (nSPS) is 12.5. The summed E-state index contributed by atoms with van der Waals surface area (Å²) < 4.78 is 51.6. The second-order valence-corrected chi connectivity index (χ2v) is 5.10. The summed E-state index contributed by atoms with van der Waals surface area (Å²) in [6.45, 7) is 3.63. The molecule has 0 saturated heterocycles. The van der Waals surface area contributed by atoms with Gasteiger partial charge in [0.05, 0.1) is 17.3 Å². The molecule has 0 rings (SSSR count). The average molecular weight is 336 g/mol. The van der Waals surface area contributed by atoms with E-state index in [1.54, 1.807) is 0 Å². The van der Waals surface area contributed by atoms with E-state index in [9.17, 15) is 27.6 Å². The number of carbonyl (C=O) groups excluding carboxylic acids is 3. The molecule has 0 aromatic heterocycles. The Morgan fingerprint density at radius 3 is 1.09 bits per heavy atom. The molecule has 0 spiro atoms. The molecular formula is C12H12AlF3O6. The van der Waals surface area contributed by atoms with Gasteiger partial charge in [-0.3, -0.25) is 14.4 Å². The molecule has 0 saturated carbocycles. The summed E-state index contributed by atoms with van der Waals surface area (Å²) in [6.07, 6.45) is 1.47. The maximum absolute atomic E-state index is 12.2. The highest BCUT2D eigenvalue weighted by Crippen LogP contribution is 2.11. The van der Waals surface area contributed by atoms with Crippen molar-refractivity contribution in [1.82, 2.24) is 0 Å². The third kappa shape index (κ3) is 10.7. The molecule has 0 aliphatic carbocycles. The quantitative estimate of drug-likeness (QED) is 0.278. The smallest absolute Gasteiger partial charge is 0.580 e. The number of halogens is 3. The second kappa shape index (κ2) is 9.81. The Hall–Kier alpha value is -2.05. The first-order valence-electron chi connectivity index (χ1n) is 5.73. The second-order valence-electron chi connectivity index (χ2n) is 3.82. The molecule has 0 heterocycles. The SMILES string of the molecule is C/C(=C/C(=O)F)[O][Al]([O]/C(C)=C\C(=O)F)[O]/C(C)=C\C(=O)F. The number of hydrogen-bond donors (Lipinski definition) is 0. The Labute approximate surface area is 129 Å². The van der Waals surface area contributed by atoms with Crippen molar-refractivity contribution in [3.05, 3.63) is 35.5 Å². The first-order chi connectivity index (χ1) is 10.1. The van der Waals surface area contributed by atoms with Crippen molar-refractivity contribution < 1.29 is 38.9 Å². The summed E-state index contributed by atoms with van der Waals surface area (Å²) in [5, 5.41) is 0. The van der Waals surface area contributed by atoms with Crippen LogP contribution in [-0.4, -0.2) is 33.3 Å². The number of rotatable bonds is 9. The average Bonchev–Trinajstić information content (AvgIpc) is 2.23. The van der Waals surface area contributed by atoms with Crippen molar-refractivity contribution in [3.63, 3.8) is 0 Å². The van der Waals surface area contributed by atoms with Crippen LogP contribution in [0.2, 0.25) is 0 Å². The summed E-state index contributed by atoms with van der Waals surface area (Å²) in [6, 6.07) is -5.37. The summed E-state index contributed by atoms with van der Waals surface area (Å²) in [4.78, 5) is 30.8. The Morgan fingerprint density at radius 1 is 0.682 bits per heavy atom. The van der Waals surface area contributed by atoms with Gasteiger partial charge in [0.15, 0.2) is 0 Å². The summed E-state index contributed by atoms with van der Waals surface area (Å²) in [7, 11) is 0. The van der Waals surface area contributed by atoms with Crippen LogP contribution in [0.5, 0.6) is 0 Å². The number of hydrogen-bond acceptors (Lipinski definition) is 6. The van der Waals surface area contributed by atoms with Crippen LogP contribution in [0.3, 0.4) is 0 Å². The lowest BCUT2D eigenvalue weighted by molar-refractivity contribution is -0.125. The van der Waals surface area contributed by atoms with Gasteiger partial charge in [-0.15, -0.1) is 0 Å². The minimum absolute atomic E-state index is 0.220. The van der Waals surface area contributed by atoms with Gasteiger partial charge in [0, 0.05) is 18.2 Å². The van der Waals surface area contributed by atoms with Gasteiger partial charge in [0.2, 0.25) is 0 Å². The molecule has 0 aliphatic heterocycles. The van der Waals surface area contributed by atoms with Crippen LogP contribution in [0.4, 0.5) is 13.2 Å². The first kappa shape index (κ1) is 20.0. The van der Waals surface area contributed by atoms with Gasteiger partial charge in [-0.05, 0) is 20.8 Å². The summed E-state index contributed by atoms with van der Waals surface area (Å²) in [5.74, 6) is -0.659. The molecule has 0 bridgehead atoms. The molecule has 0 unspecified atom stereocenters. The zero-order valence-electron chi connectivity index (χ0n) is 11.9. The molecule has 0 atom stereocenters. The van der Waals surface area contributed by atoms with E-state index in [0.717, 1.165) is 0 Å². The minimum atomic E-state index is -3.25. The molecule has 0 N–H and O–H groups in total. The van der Waals surface area contributed by atoms with Gasteiger partial charge in [-0.2, -0.15) is 13.2 Å². The molecule has 6 nitrogen and oxygen atoms in total. The fourth-order valence-corrected chi connectivity index (χ4v) is 2.37. The van der Waals surface area contributed by atoms with Crippen molar-refractivity contribution in [1.29, 1.82) is 0 Å². The van der Waals surface area contributed by atoms with Crippen molar-refractivity contribution >= 4 is 33.3 Å². The molecule has 0 amide bonds. The zero-order chi connectivity index (χ0) is 17.3. The van der Waals surface area contributed by atoms with E-state index < -0.39 is 33.3 Å². The molecule has 0 aromatic rings. The number of carbonyl (C=O) groups is 3. The highest BCUT2D eigenvalue weighted by atomic mass is 27.3. The maximum Gasteiger partial charge on any atom is 1.20 e. The standard InChI is InChI=1S/3C4H5FO2.Al/c3*1-3(6)2-4(5)7;/h3*2,6H,1H3;/q;;;+3/p-3/b3*3-2-;. The van der Waals surface area contributed by atoms with Gasteiger partial charge in [-0.1, -0.05) is 0 Å². The van der Waals surface area contributed by atoms with Crippen LogP contribution in [0.25, 0.3) is 0 Å². The molecule has 0 aliphatic rings. The molecule has 120 valence electrons. The molecule has 0 aromatic carbocycles. The largest absolute Gasteiger partial charge is 1.20 e. The maximum atomic E-state index is 12.2. The lowest BCUT2D eigenvalue weighted by Crippen LogP contribution is -2.26. The van der Waals surface area contributed by atoms with Gasteiger partial charge in [0.1, 0.15) is 0 Å². The molecule has 10 heteroatoms. The van der Waals surface area contributed by atoms with E-state index in [1.807, 2.05) is 0 Å². The summed E-state index contributed by atoms with van der Waals surface area (Å²) in [5.41, 5.74) is 0. The predicted molar refractivity (Wildman–Crippen MR) is 68.6 cm³/mol. The molecular weight excluding hydrogens is 324 g/mol. The van der Waals surface area contributed by atoms with Gasteiger partial charge >= 0.3 is 33.3 Å². The lowest BCUT2D eigenvalue weighted by Gasteiger charge is -2.16. The van der Waals surface area contributed by atoms with Crippen molar-refractivity contribution in [2.24, 2.45) is 0 Å². The highest BCUT2D eigenvalue weighted by Gasteiger charge is 2.44. The van der Waals surface area contributed by atoms with Crippen molar-refractivity contribution in [2.45, 2.75) is 20.8 Å². The van der Waals surface area contributed by atoms with Gasteiger partial charge in [0.25, 0.3) is 0 Å². The van der Waals surface area contributed by atoms with Crippen LogP contribution < -0.4 is 0 Å². The lowest BCUT2D eigenvalue weighted by atomic mass is 10.5. The Morgan fingerprint density at radius 2 is 0.909 bits per heavy atom. The van der Waals surface area contributed by atoms with E-state index in [4.69, 9.17) is 11.4 Å².